The van der Waals surface area contributed by atoms with Crippen molar-refractivity contribution in [3.8, 4) is 0 Å². The highest BCUT2D eigenvalue weighted by molar-refractivity contribution is 5.67. The number of hydroxylamine groups is 1. The van der Waals surface area contributed by atoms with E-state index in [4.69, 9.17) is 4.84 Å². The highest BCUT2D eigenvalue weighted by Gasteiger charge is 2.21. The van der Waals surface area contributed by atoms with Crippen LogP contribution in [0.25, 0.3) is 0 Å². The van der Waals surface area contributed by atoms with Crippen molar-refractivity contribution in [1.29, 1.82) is 0 Å². The average molecular weight is 424 g/mol. The van der Waals surface area contributed by atoms with Gasteiger partial charge in [0.15, 0.2) is 0 Å². The molecule has 0 aliphatic carbocycles. The number of rotatable bonds is 18. The first-order valence-electron chi connectivity index (χ1n) is 12.3. The van der Waals surface area contributed by atoms with Gasteiger partial charge in [-0.1, -0.05) is 126 Å². The Labute approximate surface area is 189 Å². The van der Waals surface area contributed by atoms with E-state index < -0.39 is 6.04 Å². The Kier molecular flexibility index (Phi) is 13.4. The number of unbranched alkanes of at least 4 members (excludes halogenated alkanes) is 11. The molecule has 0 aromatic heterocycles. The molecule has 0 amide bonds. The maximum Gasteiger partial charge on any atom is 0.149 e. The topological polar surface area (TPSA) is 29.5 Å². The van der Waals surface area contributed by atoms with Gasteiger partial charge in [-0.2, -0.15) is 0 Å². The van der Waals surface area contributed by atoms with E-state index in [0.717, 1.165) is 24.0 Å². The van der Waals surface area contributed by atoms with Gasteiger partial charge in [0.25, 0.3) is 0 Å². The Morgan fingerprint density at radius 3 is 1.71 bits per heavy atom. The maximum absolute atomic E-state index is 11.9. The van der Waals surface area contributed by atoms with Crippen LogP contribution in [0.15, 0.2) is 60.7 Å². The SMILES string of the molecule is CCCCCCCCCCCCCCON(c1ccccc1)C(C=O)c1ccccc1. The van der Waals surface area contributed by atoms with E-state index in [9.17, 15) is 4.79 Å². The van der Waals surface area contributed by atoms with E-state index in [1.165, 1.54) is 70.6 Å². The van der Waals surface area contributed by atoms with Crippen molar-refractivity contribution in [2.24, 2.45) is 0 Å². The summed E-state index contributed by atoms with van der Waals surface area (Å²) in [5, 5.41) is 1.76. The maximum atomic E-state index is 11.9. The highest BCUT2D eigenvalue weighted by atomic mass is 16.7. The zero-order chi connectivity index (χ0) is 22.0. The molecule has 2 aromatic rings. The summed E-state index contributed by atoms with van der Waals surface area (Å²) in [4.78, 5) is 18.1. The number of nitrogens with zero attached hydrogens (tertiary/aromatic N) is 1. The molecular formula is C28H41NO2. The molecule has 2 rings (SSSR count). The van der Waals surface area contributed by atoms with Crippen LogP contribution in [0.5, 0.6) is 0 Å². The average Bonchev–Trinajstić information content (AvgIpc) is 2.82. The first-order chi connectivity index (χ1) is 15.4. The fourth-order valence-electron chi connectivity index (χ4n) is 3.92. The van der Waals surface area contributed by atoms with Gasteiger partial charge in [-0.05, 0) is 24.1 Å². The number of aldehydes is 1. The van der Waals surface area contributed by atoms with Crippen molar-refractivity contribution in [2.75, 3.05) is 11.7 Å². The standard InChI is InChI=1S/C28H41NO2/c1-2-3-4-5-6-7-8-9-10-11-12-19-24-31-29(27-22-17-14-18-23-27)28(25-30)26-20-15-13-16-21-26/h13-18,20-23,25,28H,2-12,19,24H2,1H3. The molecule has 0 fully saturated rings. The molecule has 0 heterocycles. The number of hydrogen-bond acceptors (Lipinski definition) is 3. The number of benzene rings is 2. The highest BCUT2D eigenvalue weighted by Crippen LogP contribution is 2.26. The van der Waals surface area contributed by atoms with Gasteiger partial charge in [0.1, 0.15) is 12.3 Å². The van der Waals surface area contributed by atoms with Crippen LogP contribution in [0.2, 0.25) is 0 Å². The van der Waals surface area contributed by atoms with Gasteiger partial charge in [-0.3, -0.25) is 4.84 Å². The molecule has 0 aliphatic rings. The molecule has 2 aromatic carbocycles. The van der Waals surface area contributed by atoms with Crippen LogP contribution in [0.1, 0.15) is 95.6 Å². The van der Waals surface area contributed by atoms with Crippen molar-refractivity contribution < 1.29 is 9.63 Å². The molecular weight excluding hydrogens is 382 g/mol. The molecule has 0 bridgehead atoms. The summed E-state index contributed by atoms with van der Waals surface area (Å²) >= 11 is 0. The van der Waals surface area contributed by atoms with Crippen LogP contribution in [0, 0.1) is 0 Å². The zero-order valence-corrected chi connectivity index (χ0v) is 19.4. The number of carbonyl (C=O) groups is 1. The van der Waals surface area contributed by atoms with Gasteiger partial charge in [0.2, 0.25) is 0 Å². The van der Waals surface area contributed by atoms with Gasteiger partial charge in [0, 0.05) is 0 Å². The zero-order valence-electron chi connectivity index (χ0n) is 19.4. The molecule has 0 N–H and O–H groups in total. The minimum Gasteiger partial charge on any atom is -0.301 e. The minimum atomic E-state index is -0.444. The molecule has 31 heavy (non-hydrogen) atoms. The van der Waals surface area contributed by atoms with Gasteiger partial charge < -0.3 is 4.79 Å². The van der Waals surface area contributed by atoms with Crippen molar-refractivity contribution in [3.05, 3.63) is 66.2 Å². The van der Waals surface area contributed by atoms with Crippen LogP contribution in [-0.4, -0.2) is 12.9 Å². The Bertz CT molecular complexity index is 674. The largest absolute Gasteiger partial charge is 0.301 e. The first kappa shape index (κ1) is 25.1. The Morgan fingerprint density at radius 2 is 1.19 bits per heavy atom. The first-order valence-corrected chi connectivity index (χ1v) is 12.3. The summed E-state index contributed by atoms with van der Waals surface area (Å²) in [5.74, 6) is 0. The lowest BCUT2D eigenvalue weighted by atomic mass is 10.1. The number of anilines is 1. The molecule has 170 valence electrons. The summed E-state index contributed by atoms with van der Waals surface area (Å²) < 4.78 is 0. The lowest BCUT2D eigenvalue weighted by Crippen LogP contribution is -2.30. The van der Waals surface area contributed by atoms with Crippen LogP contribution < -0.4 is 5.06 Å². The Morgan fingerprint density at radius 1 is 0.710 bits per heavy atom. The van der Waals surface area contributed by atoms with Gasteiger partial charge in [0.05, 0.1) is 12.3 Å². The van der Waals surface area contributed by atoms with Gasteiger partial charge in [-0.15, -0.1) is 0 Å². The van der Waals surface area contributed by atoms with E-state index in [-0.39, 0.29) is 0 Å². The second-order valence-corrected chi connectivity index (χ2v) is 8.38. The third-order valence-corrected chi connectivity index (χ3v) is 5.76. The predicted octanol–water partition coefficient (Wildman–Crippen LogP) is 8.07. The van der Waals surface area contributed by atoms with Gasteiger partial charge >= 0.3 is 0 Å². The summed E-state index contributed by atoms with van der Waals surface area (Å²) in [6, 6.07) is 19.3. The van der Waals surface area contributed by atoms with E-state index in [0.29, 0.717) is 6.61 Å². The minimum absolute atomic E-state index is 0.444. The van der Waals surface area contributed by atoms with Crippen molar-refractivity contribution in [3.63, 3.8) is 0 Å². The molecule has 0 saturated heterocycles. The molecule has 3 nitrogen and oxygen atoms in total. The van der Waals surface area contributed by atoms with E-state index >= 15 is 0 Å². The summed E-state index contributed by atoms with van der Waals surface area (Å²) in [6.45, 7) is 2.90. The lowest BCUT2D eigenvalue weighted by Gasteiger charge is -2.29. The van der Waals surface area contributed by atoms with Gasteiger partial charge in [-0.25, -0.2) is 5.06 Å². The smallest absolute Gasteiger partial charge is 0.149 e. The lowest BCUT2D eigenvalue weighted by molar-refractivity contribution is -0.111. The fraction of sp³-hybridized carbons (Fsp3) is 0.536. The molecule has 1 unspecified atom stereocenters. The van der Waals surface area contributed by atoms with Crippen molar-refractivity contribution in [1.82, 2.24) is 0 Å². The predicted molar refractivity (Wildman–Crippen MR) is 131 cm³/mol. The van der Waals surface area contributed by atoms with Crippen LogP contribution >= 0.6 is 0 Å². The molecule has 0 saturated carbocycles. The van der Waals surface area contributed by atoms with Crippen LogP contribution in [0.4, 0.5) is 5.69 Å². The second-order valence-electron chi connectivity index (χ2n) is 8.38. The van der Waals surface area contributed by atoms with Crippen LogP contribution in [0.3, 0.4) is 0 Å². The second kappa shape index (κ2) is 16.5. The third kappa shape index (κ3) is 10.1. The number of para-hydroxylation sites is 1. The van der Waals surface area contributed by atoms with Crippen molar-refractivity contribution >= 4 is 12.0 Å². The molecule has 3 heteroatoms. The van der Waals surface area contributed by atoms with Crippen LogP contribution in [-0.2, 0) is 9.63 Å². The Hall–Kier alpha value is -2.13. The van der Waals surface area contributed by atoms with Crippen molar-refractivity contribution in [2.45, 2.75) is 90.0 Å². The fourth-order valence-corrected chi connectivity index (χ4v) is 3.92. The molecule has 0 spiro atoms. The Balaban J connectivity index is 1.68. The summed E-state index contributed by atoms with van der Waals surface area (Å²) in [7, 11) is 0. The third-order valence-electron chi connectivity index (χ3n) is 5.76. The van der Waals surface area contributed by atoms with E-state index in [2.05, 4.69) is 6.92 Å². The number of hydrogen-bond donors (Lipinski definition) is 0. The summed E-state index contributed by atoms with van der Waals surface area (Å²) in [6.07, 6.45) is 16.8. The molecule has 0 aliphatic heterocycles. The quantitative estimate of drug-likeness (QED) is 0.138. The summed E-state index contributed by atoms with van der Waals surface area (Å²) in [5.41, 5.74) is 1.85. The number of carbonyl (C=O) groups excluding carboxylic acids is 1. The van der Waals surface area contributed by atoms with E-state index in [1.807, 2.05) is 60.7 Å². The van der Waals surface area contributed by atoms with E-state index in [1.54, 1.807) is 5.06 Å². The molecule has 0 radical (unpaired) electrons. The monoisotopic (exact) mass is 423 g/mol. The normalized spacial score (nSPS) is 11.9. The molecule has 1 atom stereocenters.